The lowest BCUT2D eigenvalue weighted by molar-refractivity contribution is -0.159. The van der Waals surface area contributed by atoms with E-state index in [0.717, 1.165) is 10.4 Å². The first-order valence-electron chi connectivity index (χ1n) is 8.73. The molecule has 1 amide bonds. The van der Waals surface area contributed by atoms with Crippen LogP contribution >= 0.6 is 11.3 Å². The van der Waals surface area contributed by atoms with Crippen LogP contribution in [0.2, 0.25) is 0 Å². The van der Waals surface area contributed by atoms with Gasteiger partial charge >= 0.3 is 12.1 Å². The highest BCUT2D eigenvalue weighted by atomic mass is 32.1. The summed E-state index contributed by atoms with van der Waals surface area (Å²) in [6, 6.07) is 12.9. The Morgan fingerprint density at radius 3 is 2.70 bits per heavy atom. The monoisotopic (exact) mass is 433 g/mol. The molecule has 154 valence electrons. The number of carbonyl (C=O) groups excluding carboxylic acids is 1. The molecule has 0 radical (unpaired) electrons. The Balaban J connectivity index is 1.38. The topological polar surface area (TPSA) is 85.8 Å². The van der Waals surface area contributed by atoms with Crippen molar-refractivity contribution in [2.75, 3.05) is 0 Å². The van der Waals surface area contributed by atoms with Gasteiger partial charge in [0.15, 0.2) is 0 Å². The number of hydrogen-bond donors (Lipinski definition) is 1. The summed E-state index contributed by atoms with van der Waals surface area (Å²) in [6.45, 7) is 0.754. The van der Waals surface area contributed by atoms with Gasteiger partial charge in [0.25, 0.3) is 5.91 Å². The summed E-state index contributed by atoms with van der Waals surface area (Å²) >= 11 is 1.22. The molecule has 0 unspecified atom stereocenters. The lowest BCUT2D eigenvalue weighted by atomic mass is 10.2. The van der Waals surface area contributed by atoms with E-state index in [2.05, 4.69) is 25.1 Å². The number of benzene rings is 1. The van der Waals surface area contributed by atoms with Crippen molar-refractivity contribution in [3.05, 3.63) is 76.8 Å². The van der Waals surface area contributed by atoms with Crippen molar-refractivity contribution in [3.63, 3.8) is 0 Å². The fourth-order valence-corrected chi connectivity index (χ4v) is 3.55. The molecule has 4 aromatic rings. The molecule has 0 spiro atoms. The molecule has 0 fully saturated rings. The van der Waals surface area contributed by atoms with Crippen LogP contribution in [0.5, 0.6) is 0 Å². The van der Waals surface area contributed by atoms with Crippen molar-refractivity contribution in [1.82, 2.24) is 25.2 Å². The van der Waals surface area contributed by atoms with Gasteiger partial charge < -0.3 is 9.84 Å². The van der Waals surface area contributed by atoms with Crippen LogP contribution in [0.15, 0.2) is 59.4 Å². The fraction of sp³-hybridized carbons (Fsp3) is 0.158. The zero-order valence-electron chi connectivity index (χ0n) is 15.3. The van der Waals surface area contributed by atoms with Gasteiger partial charge in [-0.2, -0.15) is 23.3 Å². The molecule has 3 heterocycles. The zero-order chi connectivity index (χ0) is 21.1. The third-order valence-corrected chi connectivity index (χ3v) is 5.13. The van der Waals surface area contributed by atoms with E-state index in [4.69, 9.17) is 0 Å². The summed E-state index contributed by atoms with van der Waals surface area (Å²) in [4.78, 5) is 16.9. The van der Waals surface area contributed by atoms with Gasteiger partial charge in [0, 0.05) is 17.6 Å². The minimum Gasteiger partial charge on any atom is -0.348 e. The first kappa shape index (κ1) is 19.8. The van der Waals surface area contributed by atoms with Gasteiger partial charge in [0.2, 0.25) is 5.82 Å². The number of amides is 1. The highest BCUT2D eigenvalue weighted by molar-refractivity contribution is 7.15. The normalized spacial score (nSPS) is 11.6. The molecule has 0 aliphatic heterocycles. The molecule has 4 rings (SSSR count). The summed E-state index contributed by atoms with van der Waals surface area (Å²) in [5.74, 6) is -1.76. The maximum atomic E-state index is 12.6. The van der Waals surface area contributed by atoms with E-state index in [-0.39, 0.29) is 11.7 Å². The number of nitrogens with one attached hydrogen (secondary N) is 1. The van der Waals surface area contributed by atoms with Gasteiger partial charge in [-0.15, -0.1) is 11.3 Å². The quantitative estimate of drug-likeness (QED) is 0.497. The first-order valence-corrected chi connectivity index (χ1v) is 9.55. The Hall–Kier alpha value is -3.47. The molecule has 3 aromatic heterocycles. The summed E-state index contributed by atoms with van der Waals surface area (Å²) in [5, 5.41) is 10.4. The largest absolute Gasteiger partial charge is 0.471 e. The number of halogens is 3. The van der Waals surface area contributed by atoms with Crippen molar-refractivity contribution >= 4 is 17.2 Å². The maximum Gasteiger partial charge on any atom is 0.471 e. The van der Waals surface area contributed by atoms with Crippen molar-refractivity contribution < 1.29 is 22.5 Å². The van der Waals surface area contributed by atoms with Gasteiger partial charge in [-0.25, -0.2) is 0 Å². The Bertz CT molecular complexity index is 1150. The van der Waals surface area contributed by atoms with Crippen LogP contribution < -0.4 is 5.32 Å². The smallest absolute Gasteiger partial charge is 0.348 e. The second-order valence-corrected chi connectivity index (χ2v) is 7.45. The average Bonchev–Trinajstić information content (AvgIpc) is 3.47. The van der Waals surface area contributed by atoms with Crippen LogP contribution in [0.25, 0.3) is 10.7 Å². The van der Waals surface area contributed by atoms with Crippen molar-refractivity contribution in [2.45, 2.75) is 19.3 Å². The van der Waals surface area contributed by atoms with E-state index in [1.807, 2.05) is 30.3 Å². The Morgan fingerprint density at radius 2 is 1.97 bits per heavy atom. The molecule has 7 nitrogen and oxygen atoms in total. The lowest BCUT2D eigenvalue weighted by Crippen LogP contribution is -2.22. The number of alkyl halides is 3. The number of hydrogen-bond acceptors (Lipinski definition) is 6. The van der Waals surface area contributed by atoms with E-state index < -0.39 is 12.1 Å². The van der Waals surface area contributed by atoms with Gasteiger partial charge in [0.05, 0.1) is 23.2 Å². The average molecular weight is 433 g/mol. The number of rotatable bonds is 6. The molecule has 0 saturated heterocycles. The Kier molecular flexibility index (Phi) is 5.36. The van der Waals surface area contributed by atoms with E-state index in [9.17, 15) is 18.0 Å². The van der Waals surface area contributed by atoms with Gasteiger partial charge in [0.1, 0.15) is 0 Å². The molecule has 0 bridgehead atoms. The maximum absolute atomic E-state index is 12.6. The molecule has 0 atom stereocenters. The van der Waals surface area contributed by atoms with E-state index >= 15 is 0 Å². The molecule has 0 aliphatic carbocycles. The van der Waals surface area contributed by atoms with Crippen LogP contribution in [0.3, 0.4) is 0 Å². The SMILES string of the molecule is O=C(NCc1ccccc1)c1cnn(Cc2ccc(-c3noc(C(F)(F)F)n3)s2)c1. The predicted molar refractivity (Wildman–Crippen MR) is 102 cm³/mol. The minimum atomic E-state index is -4.68. The van der Waals surface area contributed by atoms with Crippen molar-refractivity contribution in [1.29, 1.82) is 0 Å². The molecule has 1 N–H and O–H groups in total. The predicted octanol–water partition coefficient (Wildman–Crippen LogP) is 3.99. The second kappa shape index (κ2) is 8.11. The molecule has 1 aromatic carbocycles. The molecule has 0 saturated carbocycles. The van der Waals surface area contributed by atoms with E-state index in [0.29, 0.717) is 23.5 Å². The molecule has 30 heavy (non-hydrogen) atoms. The van der Waals surface area contributed by atoms with Gasteiger partial charge in [-0.1, -0.05) is 35.5 Å². The standard InChI is InChI=1S/C19H14F3N5O2S/c20-19(21,22)18-25-16(26-29-18)15-7-6-14(30-15)11-27-10-13(9-24-27)17(28)23-8-12-4-2-1-3-5-12/h1-7,9-10H,8,11H2,(H,23,28). The van der Waals surface area contributed by atoms with Crippen molar-refractivity contribution in [2.24, 2.45) is 0 Å². The lowest BCUT2D eigenvalue weighted by Gasteiger charge is -2.03. The van der Waals surface area contributed by atoms with E-state index in [1.54, 1.807) is 23.0 Å². The van der Waals surface area contributed by atoms with Gasteiger partial charge in [-0.05, 0) is 17.7 Å². The molecular formula is C19H14F3N5O2S. The second-order valence-electron chi connectivity index (χ2n) is 6.28. The Labute approximate surface area is 172 Å². The number of aromatic nitrogens is 4. The Morgan fingerprint density at radius 1 is 1.17 bits per heavy atom. The summed E-state index contributed by atoms with van der Waals surface area (Å²) in [7, 11) is 0. The van der Waals surface area contributed by atoms with Crippen LogP contribution in [0.1, 0.15) is 26.7 Å². The molecular weight excluding hydrogens is 419 g/mol. The van der Waals surface area contributed by atoms with Crippen LogP contribution in [-0.2, 0) is 19.3 Å². The van der Waals surface area contributed by atoms with Crippen LogP contribution in [-0.4, -0.2) is 25.8 Å². The van der Waals surface area contributed by atoms with Crippen molar-refractivity contribution in [3.8, 4) is 10.7 Å². The molecule has 0 aliphatic rings. The highest BCUT2D eigenvalue weighted by Gasteiger charge is 2.38. The summed E-state index contributed by atoms with van der Waals surface area (Å²) < 4.78 is 43.6. The fourth-order valence-electron chi connectivity index (χ4n) is 2.63. The summed E-state index contributed by atoms with van der Waals surface area (Å²) in [6.07, 6.45) is -1.61. The number of carbonyl (C=O) groups is 1. The van der Waals surface area contributed by atoms with Crippen LogP contribution in [0.4, 0.5) is 13.2 Å². The minimum absolute atomic E-state index is 0.125. The first-order chi connectivity index (χ1) is 14.4. The summed E-state index contributed by atoms with van der Waals surface area (Å²) in [5.41, 5.74) is 1.40. The van der Waals surface area contributed by atoms with E-state index in [1.165, 1.54) is 17.5 Å². The molecule has 11 heteroatoms. The third-order valence-electron chi connectivity index (χ3n) is 4.06. The number of thiophene rings is 1. The highest BCUT2D eigenvalue weighted by Crippen LogP contribution is 2.31. The van der Waals surface area contributed by atoms with Gasteiger partial charge in [-0.3, -0.25) is 9.48 Å². The van der Waals surface area contributed by atoms with Crippen LogP contribution in [0, 0.1) is 0 Å². The zero-order valence-corrected chi connectivity index (χ0v) is 16.1. The third kappa shape index (κ3) is 4.57. The number of nitrogens with zero attached hydrogens (tertiary/aromatic N) is 4.